The van der Waals surface area contributed by atoms with Gasteiger partial charge >= 0.3 is 0 Å². The standard InChI is InChI=1S/C52H31N/c1-2-12-43(13-3-1)53-50-30-33-10-5-4-9-32(33)27-47(50)48-28-41-25-37(20-22-39(41)31-51(48)53)35-17-18-36-24-38(21-19-34(36)23-35)42-26-40-11-8-16-46-44-14-6-7-15-45(44)49(29-42)52(40)46/h1-31H. The highest BCUT2D eigenvalue weighted by atomic mass is 15.0. The molecule has 0 N–H and O–H groups in total. The lowest BCUT2D eigenvalue weighted by Gasteiger charge is -2.11. The van der Waals surface area contributed by atoms with E-state index in [0.29, 0.717) is 0 Å². The first kappa shape index (κ1) is 28.7. The second-order valence-electron chi connectivity index (χ2n) is 14.6. The monoisotopic (exact) mass is 669 g/mol. The third-order valence-electron chi connectivity index (χ3n) is 11.6. The lowest BCUT2D eigenvalue weighted by molar-refractivity contribution is 1.18. The highest BCUT2D eigenvalue weighted by Crippen LogP contribution is 2.48. The van der Waals surface area contributed by atoms with E-state index in [2.05, 4.69) is 193 Å². The quantitative estimate of drug-likeness (QED) is 0.176. The highest BCUT2D eigenvalue weighted by molar-refractivity contribution is 6.18. The summed E-state index contributed by atoms with van der Waals surface area (Å²) in [5.74, 6) is 0. The Morgan fingerprint density at radius 2 is 0.736 bits per heavy atom. The molecule has 11 aromatic rings. The van der Waals surface area contributed by atoms with Crippen molar-refractivity contribution in [3.8, 4) is 50.2 Å². The number of benzene rings is 10. The van der Waals surface area contributed by atoms with Crippen molar-refractivity contribution in [2.75, 3.05) is 0 Å². The molecule has 0 spiro atoms. The maximum atomic E-state index is 2.42. The van der Waals surface area contributed by atoms with Crippen LogP contribution >= 0.6 is 0 Å². The number of para-hydroxylation sites is 1. The molecule has 0 fully saturated rings. The molecule has 1 heterocycles. The molecule has 1 aliphatic carbocycles. The van der Waals surface area contributed by atoms with Crippen LogP contribution in [-0.4, -0.2) is 4.57 Å². The minimum atomic E-state index is 1.18. The lowest BCUT2D eigenvalue weighted by Crippen LogP contribution is -1.93. The van der Waals surface area contributed by atoms with Crippen molar-refractivity contribution in [2.45, 2.75) is 0 Å². The summed E-state index contributed by atoms with van der Waals surface area (Å²) in [6, 6.07) is 69.9. The van der Waals surface area contributed by atoms with Gasteiger partial charge in [-0.1, -0.05) is 121 Å². The smallest absolute Gasteiger partial charge is 0.0547 e. The zero-order valence-electron chi connectivity index (χ0n) is 28.8. The van der Waals surface area contributed by atoms with E-state index in [9.17, 15) is 0 Å². The minimum Gasteiger partial charge on any atom is -0.309 e. The molecular formula is C52H31N. The van der Waals surface area contributed by atoms with Gasteiger partial charge in [-0.3, -0.25) is 0 Å². The molecule has 244 valence electrons. The van der Waals surface area contributed by atoms with E-state index in [4.69, 9.17) is 0 Å². The Kier molecular flexibility index (Phi) is 5.84. The number of hydrogen-bond acceptors (Lipinski definition) is 0. The van der Waals surface area contributed by atoms with Crippen LogP contribution in [0, 0.1) is 0 Å². The lowest BCUT2D eigenvalue weighted by atomic mass is 9.93. The van der Waals surface area contributed by atoms with Crippen LogP contribution in [0.3, 0.4) is 0 Å². The fourth-order valence-electron chi connectivity index (χ4n) is 9.07. The van der Waals surface area contributed by atoms with Gasteiger partial charge in [0, 0.05) is 16.5 Å². The normalized spacial score (nSPS) is 12.2. The van der Waals surface area contributed by atoms with Gasteiger partial charge < -0.3 is 4.57 Å². The second kappa shape index (κ2) is 10.8. The van der Waals surface area contributed by atoms with Crippen LogP contribution in [0.1, 0.15) is 0 Å². The molecule has 0 bridgehead atoms. The van der Waals surface area contributed by atoms with Crippen molar-refractivity contribution in [1.29, 1.82) is 0 Å². The van der Waals surface area contributed by atoms with Gasteiger partial charge in [-0.2, -0.15) is 0 Å². The largest absolute Gasteiger partial charge is 0.309 e. The summed E-state index contributed by atoms with van der Waals surface area (Å²) in [7, 11) is 0. The SMILES string of the molecule is c1ccc(-n2c3cc4ccccc4cc3c3cc4cc(-c5ccc6cc(-c7cc8c9c(cccc9c7)-c7ccccc7-8)ccc6c5)ccc4cc32)cc1. The van der Waals surface area contributed by atoms with Gasteiger partial charge in [0.05, 0.1) is 11.0 Å². The number of hydrogen-bond donors (Lipinski definition) is 0. The van der Waals surface area contributed by atoms with Crippen LogP contribution in [0.25, 0.3) is 115 Å². The first-order valence-corrected chi connectivity index (χ1v) is 18.4. The summed E-state index contributed by atoms with van der Waals surface area (Å²) in [5, 5.41) is 12.7. The maximum Gasteiger partial charge on any atom is 0.0547 e. The topological polar surface area (TPSA) is 4.93 Å². The predicted octanol–water partition coefficient (Wildman–Crippen LogP) is 14.4. The Hall–Kier alpha value is -6.96. The van der Waals surface area contributed by atoms with E-state index in [1.165, 1.54) is 115 Å². The van der Waals surface area contributed by atoms with Crippen LogP contribution in [0.2, 0.25) is 0 Å². The average molecular weight is 670 g/mol. The van der Waals surface area contributed by atoms with Gasteiger partial charge in [0.1, 0.15) is 0 Å². The van der Waals surface area contributed by atoms with Crippen molar-refractivity contribution in [3.63, 3.8) is 0 Å². The molecule has 1 aliphatic rings. The number of rotatable bonds is 3. The minimum absolute atomic E-state index is 1.18. The highest BCUT2D eigenvalue weighted by Gasteiger charge is 2.22. The Balaban J connectivity index is 0.965. The van der Waals surface area contributed by atoms with E-state index in [1.807, 2.05) is 0 Å². The summed E-state index contributed by atoms with van der Waals surface area (Å²) in [5.41, 5.74) is 14.0. The van der Waals surface area contributed by atoms with Crippen molar-refractivity contribution < 1.29 is 0 Å². The van der Waals surface area contributed by atoms with Crippen LogP contribution in [-0.2, 0) is 0 Å². The zero-order chi connectivity index (χ0) is 34.6. The molecule has 0 saturated carbocycles. The Morgan fingerprint density at radius 3 is 1.43 bits per heavy atom. The van der Waals surface area contributed by atoms with Crippen molar-refractivity contribution in [1.82, 2.24) is 4.57 Å². The summed E-state index contributed by atoms with van der Waals surface area (Å²) >= 11 is 0. The Morgan fingerprint density at radius 1 is 0.264 bits per heavy atom. The molecule has 12 rings (SSSR count). The molecule has 0 atom stereocenters. The summed E-state index contributed by atoms with van der Waals surface area (Å²) in [4.78, 5) is 0. The molecule has 1 aromatic heterocycles. The average Bonchev–Trinajstić information content (AvgIpc) is 3.71. The first-order chi connectivity index (χ1) is 26.2. The Bertz CT molecular complexity index is 3330. The second-order valence-corrected chi connectivity index (χ2v) is 14.6. The number of nitrogens with zero attached hydrogens (tertiary/aromatic N) is 1. The van der Waals surface area contributed by atoms with Crippen LogP contribution < -0.4 is 0 Å². The van der Waals surface area contributed by atoms with Gasteiger partial charge in [-0.15, -0.1) is 0 Å². The summed E-state index contributed by atoms with van der Waals surface area (Å²) in [6.07, 6.45) is 0. The van der Waals surface area contributed by atoms with E-state index in [1.54, 1.807) is 0 Å². The van der Waals surface area contributed by atoms with Gasteiger partial charge in [0.25, 0.3) is 0 Å². The molecular weight excluding hydrogens is 639 g/mol. The van der Waals surface area contributed by atoms with Crippen LogP contribution in [0.15, 0.2) is 188 Å². The van der Waals surface area contributed by atoms with E-state index >= 15 is 0 Å². The third kappa shape index (κ3) is 4.25. The van der Waals surface area contributed by atoms with E-state index < -0.39 is 0 Å². The summed E-state index contributed by atoms with van der Waals surface area (Å²) < 4.78 is 2.42. The van der Waals surface area contributed by atoms with Crippen LogP contribution in [0.4, 0.5) is 0 Å². The van der Waals surface area contributed by atoms with Crippen molar-refractivity contribution >= 4 is 64.9 Å². The molecule has 0 aliphatic heterocycles. The van der Waals surface area contributed by atoms with E-state index in [-0.39, 0.29) is 0 Å². The van der Waals surface area contributed by atoms with E-state index in [0.717, 1.165) is 0 Å². The Labute approximate surface area is 306 Å². The van der Waals surface area contributed by atoms with Gasteiger partial charge in [-0.05, 0) is 154 Å². The predicted molar refractivity (Wildman–Crippen MR) is 226 cm³/mol. The summed E-state index contributed by atoms with van der Waals surface area (Å²) in [6.45, 7) is 0. The molecule has 0 saturated heterocycles. The van der Waals surface area contributed by atoms with Gasteiger partial charge in [0.2, 0.25) is 0 Å². The molecule has 1 nitrogen and oxygen atoms in total. The van der Waals surface area contributed by atoms with Crippen LogP contribution in [0.5, 0.6) is 0 Å². The molecule has 1 heteroatoms. The maximum absolute atomic E-state index is 2.42. The fraction of sp³-hybridized carbons (Fsp3) is 0. The first-order valence-electron chi connectivity index (χ1n) is 18.4. The zero-order valence-corrected chi connectivity index (χ0v) is 28.8. The molecule has 0 amide bonds. The third-order valence-corrected chi connectivity index (χ3v) is 11.6. The van der Waals surface area contributed by atoms with Crippen molar-refractivity contribution in [3.05, 3.63) is 188 Å². The van der Waals surface area contributed by atoms with Crippen molar-refractivity contribution in [2.24, 2.45) is 0 Å². The molecule has 0 radical (unpaired) electrons. The molecule has 0 unspecified atom stereocenters. The van der Waals surface area contributed by atoms with Gasteiger partial charge in [0.15, 0.2) is 0 Å². The molecule has 53 heavy (non-hydrogen) atoms. The van der Waals surface area contributed by atoms with Gasteiger partial charge in [-0.25, -0.2) is 0 Å². The fourth-order valence-corrected chi connectivity index (χ4v) is 9.07. The number of aromatic nitrogens is 1. The number of fused-ring (bicyclic) bond motifs is 9. The molecule has 10 aromatic carbocycles.